The lowest BCUT2D eigenvalue weighted by atomic mass is 9.69. The second-order valence-electron chi connectivity index (χ2n) is 5.59. The van der Waals surface area contributed by atoms with Crippen LogP contribution in [0.15, 0.2) is 12.1 Å². The molecule has 0 saturated heterocycles. The van der Waals surface area contributed by atoms with Gasteiger partial charge in [-0.15, -0.1) is 0 Å². The minimum atomic E-state index is -0.694. The minimum absolute atomic E-state index is 0.684. The van der Waals surface area contributed by atoms with Crippen LogP contribution in [0.3, 0.4) is 0 Å². The van der Waals surface area contributed by atoms with E-state index in [4.69, 9.17) is 4.74 Å². The van der Waals surface area contributed by atoms with Crippen molar-refractivity contribution in [3.63, 3.8) is 0 Å². The molecule has 1 saturated carbocycles. The molecule has 0 bridgehead atoms. The smallest absolute Gasteiger partial charge is 0.314 e. The maximum absolute atomic E-state index is 11.8. The zero-order chi connectivity index (χ0) is 14.0. The first kappa shape index (κ1) is 13.9. The Morgan fingerprint density at radius 1 is 1.16 bits per heavy atom. The number of carbonyl (C=O) groups is 1. The van der Waals surface area contributed by atoms with Gasteiger partial charge >= 0.3 is 5.97 Å². The summed E-state index contributed by atoms with van der Waals surface area (Å²) in [5, 5.41) is 9.72. The van der Waals surface area contributed by atoms with Gasteiger partial charge in [-0.3, -0.25) is 4.79 Å². The van der Waals surface area contributed by atoms with E-state index in [9.17, 15) is 9.90 Å². The second kappa shape index (κ2) is 5.24. The van der Waals surface area contributed by atoms with Gasteiger partial charge in [0.15, 0.2) is 0 Å². The summed E-state index contributed by atoms with van der Waals surface area (Å²) >= 11 is 0. The first-order valence-corrected chi connectivity index (χ1v) is 6.90. The lowest BCUT2D eigenvalue weighted by molar-refractivity contribution is -0.145. The van der Waals surface area contributed by atoms with Gasteiger partial charge in [-0.05, 0) is 43.4 Å². The summed E-state index contributed by atoms with van der Waals surface area (Å²) in [6, 6.07) is 3.98. The van der Waals surface area contributed by atoms with Crippen LogP contribution < -0.4 is 4.74 Å². The zero-order valence-corrected chi connectivity index (χ0v) is 12.0. The molecule has 0 atom stereocenters. The van der Waals surface area contributed by atoms with Gasteiger partial charge in [-0.2, -0.15) is 0 Å². The number of aliphatic carboxylic acids is 1. The lowest BCUT2D eigenvalue weighted by Gasteiger charge is -2.34. The zero-order valence-electron chi connectivity index (χ0n) is 12.0. The van der Waals surface area contributed by atoms with Crippen molar-refractivity contribution in [1.29, 1.82) is 0 Å². The highest BCUT2D eigenvalue weighted by Gasteiger charge is 2.41. The molecular weight excluding hydrogens is 240 g/mol. The first-order chi connectivity index (χ1) is 9.01. The van der Waals surface area contributed by atoms with Gasteiger partial charge in [0, 0.05) is 0 Å². The van der Waals surface area contributed by atoms with Crippen molar-refractivity contribution in [1.82, 2.24) is 0 Å². The standard InChI is InChI=1S/C16H22O3/c1-11-9-13(10-12(2)14(11)19-3)16(15(17)18)7-5-4-6-8-16/h9-10H,4-8H2,1-3H3,(H,17,18). The maximum Gasteiger partial charge on any atom is 0.314 e. The molecular formula is C16H22O3. The number of hydrogen-bond donors (Lipinski definition) is 1. The van der Waals surface area contributed by atoms with Crippen LogP contribution in [0.25, 0.3) is 0 Å². The molecule has 3 nitrogen and oxygen atoms in total. The van der Waals surface area contributed by atoms with E-state index in [-0.39, 0.29) is 0 Å². The number of hydrogen-bond acceptors (Lipinski definition) is 2. The fraction of sp³-hybridized carbons (Fsp3) is 0.562. The summed E-state index contributed by atoms with van der Waals surface area (Å²) in [6.45, 7) is 3.96. The van der Waals surface area contributed by atoms with Crippen LogP contribution in [0.1, 0.15) is 48.8 Å². The lowest BCUT2D eigenvalue weighted by Crippen LogP contribution is -2.38. The largest absolute Gasteiger partial charge is 0.496 e. The van der Waals surface area contributed by atoms with Crippen LogP contribution in [0.2, 0.25) is 0 Å². The molecule has 3 heteroatoms. The van der Waals surface area contributed by atoms with Crippen molar-refractivity contribution in [3.05, 3.63) is 28.8 Å². The third-order valence-corrected chi connectivity index (χ3v) is 4.33. The molecule has 1 aromatic carbocycles. The van der Waals surface area contributed by atoms with Gasteiger partial charge < -0.3 is 9.84 Å². The van der Waals surface area contributed by atoms with E-state index >= 15 is 0 Å². The fourth-order valence-electron chi connectivity index (χ4n) is 3.33. The molecule has 0 heterocycles. The molecule has 0 radical (unpaired) electrons. The highest BCUT2D eigenvalue weighted by atomic mass is 16.5. The molecule has 0 aliphatic heterocycles. The molecule has 1 aromatic rings. The van der Waals surface area contributed by atoms with Crippen LogP contribution in [-0.4, -0.2) is 18.2 Å². The molecule has 0 aromatic heterocycles. The van der Waals surface area contributed by atoms with Gasteiger partial charge in [0.25, 0.3) is 0 Å². The molecule has 0 amide bonds. The number of aryl methyl sites for hydroxylation is 2. The average Bonchev–Trinajstić information content (AvgIpc) is 2.39. The van der Waals surface area contributed by atoms with Crippen molar-refractivity contribution in [3.8, 4) is 5.75 Å². The van der Waals surface area contributed by atoms with Crippen molar-refractivity contribution >= 4 is 5.97 Å². The Morgan fingerprint density at radius 3 is 2.11 bits per heavy atom. The molecule has 1 aliphatic carbocycles. The first-order valence-electron chi connectivity index (χ1n) is 6.90. The van der Waals surface area contributed by atoms with E-state index in [1.807, 2.05) is 26.0 Å². The molecule has 104 valence electrons. The van der Waals surface area contributed by atoms with Crippen LogP contribution >= 0.6 is 0 Å². The predicted molar refractivity (Wildman–Crippen MR) is 74.9 cm³/mol. The highest BCUT2D eigenvalue weighted by Crippen LogP contribution is 2.41. The fourth-order valence-corrected chi connectivity index (χ4v) is 3.33. The van der Waals surface area contributed by atoms with Gasteiger partial charge in [-0.25, -0.2) is 0 Å². The van der Waals surface area contributed by atoms with Gasteiger partial charge in [0.2, 0.25) is 0 Å². The SMILES string of the molecule is COc1c(C)cc(C2(C(=O)O)CCCCC2)cc1C. The number of carboxylic acids is 1. The highest BCUT2D eigenvalue weighted by molar-refractivity contribution is 5.82. The van der Waals surface area contributed by atoms with Crippen molar-refractivity contribution in [2.75, 3.05) is 7.11 Å². The molecule has 0 unspecified atom stereocenters. The quantitative estimate of drug-likeness (QED) is 0.905. The van der Waals surface area contributed by atoms with E-state index in [1.54, 1.807) is 7.11 Å². The summed E-state index contributed by atoms with van der Waals surface area (Å²) in [5.74, 6) is 0.177. The van der Waals surface area contributed by atoms with E-state index in [0.29, 0.717) is 0 Å². The Kier molecular flexibility index (Phi) is 3.83. The Balaban J connectivity index is 2.51. The summed E-state index contributed by atoms with van der Waals surface area (Å²) in [7, 11) is 1.66. The van der Waals surface area contributed by atoms with E-state index in [2.05, 4.69) is 0 Å². The van der Waals surface area contributed by atoms with Crippen LogP contribution in [0.4, 0.5) is 0 Å². The number of rotatable bonds is 3. The van der Waals surface area contributed by atoms with E-state index < -0.39 is 11.4 Å². The number of methoxy groups -OCH3 is 1. The molecule has 0 spiro atoms. The Morgan fingerprint density at radius 2 is 1.68 bits per heavy atom. The Hall–Kier alpha value is -1.51. The number of ether oxygens (including phenoxy) is 1. The topological polar surface area (TPSA) is 46.5 Å². The van der Waals surface area contributed by atoms with E-state index in [0.717, 1.165) is 54.5 Å². The number of carboxylic acid groups (broad SMARTS) is 1. The summed E-state index contributed by atoms with van der Waals surface area (Å²) in [4.78, 5) is 11.8. The molecule has 19 heavy (non-hydrogen) atoms. The summed E-state index contributed by atoms with van der Waals surface area (Å²) in [5.41, 5.74) is 2.28. The molecule has 1 fully saturated rings. The summed E-state index contributed by atoms with van der Waals surface area (Å²) < 4.78 is 5.36. The number of benzene rings is 1. The van der Waals surface area contributed by atoms with Crippen molar-refractivity contribution in [2.45, 2.75) is 51.4 Å². The van der Waals surface area contributed by atoms with Crippen LogP contribution in [0, 0.1) is 13.8 Å². The van der Waals surface area contributed by atoms with E-state index in [1.165, 1.54) is 0 Å². The van der Waals surface area contributed by atoms with Gasteiger partial charge in [-0.1, -0.05) is 31.4 Å². The van der Waals surface area contributed by atoms with Crippen molar-refractivity contribution in [2.24, 2.45) is 0 Å². The molecule has 2 rings (SSSR count). The molecule has 1 N–H and O–H groups in total. The van der Waals surface area contributed by atoms with Crippen molar-refractivity contribution < 1.29 is 14.6 Å². The third-order valence-electron chi connectivity index (χ3n) is 4.33. The Labute approximate surface area is 114 Å². The normalized spacial score (nSPS) is 18.1. The van der Waals surface area contributed by atoms with Crippen LogP contribution in [-0.2, 0) is 10.2 Å². The predicted octanol–water partition coefficient (Wildman–Crippen LogP) is 3.60. The molecule has 1 aliphatic rings. The maximum atomic E-state index is 11.8. The summed E-state index contributed by atoms with van der Waals surface area (Å²) in [6.07, 6.45) is 4.62. The van der Waals surface area contributed by atoms with Gasteiger partial charge in [0.05, 0.1) is 12.5 Å². The monoisotopic (exact) mass is 262 g/mol. The van der Waals surface area contributed by atoms with Crippen LogP contribution in [0.5, 0.6) is 5.75 Å². The van der Waals surface area contributed by atoms with Gasteiger partial charge in [0.1, 0.15) is 5.75 Å². The second-order valence-corrected chi connectivity index (χ2v) is 5.59. The minimum Gasteiger partial charge on any atom is -0.496 e. The average molecular weight is 262 g/mol. The third kappa shape index (κ3) is 2.34. The Bertz CT molecular complexity index is 462.